The molecule has 0 atom stereocenters. The van der Waals surface area contributed by atoms with Gasteiger partial charge in [-0.25, -0.2) is 0 Å². The maximum Gasteiger partial charge on any atom is 0.281 e. The van der Waals surface area contributed by atoms with Crippen LogP contribution in [0.5, 0.6) is 5.75 Å². The Morgan fingerprint density at radius 3 is 2.49 bits per heavy atom. The SMILES string of the molecule is CCCCCCOc1ccccc1C(O)(O)N(C(=O)c1ccc(-c2cn[nH]c2)cc1)C1CCCC1. The first-order valence-corrected chi connectivity index (χ1v) is 12.6. The van der Waals surface area contributed by atoms with Gasteiger partial charge in [-0.2, -0.15) is 5.10 Å². The molecule has 1 aliphatic carbocycles. The van der Waals surface area contributed by atoms with E-state index in [9.17, 15) is 15.0 Å². The summed E-state index contributed by atoms with van der Waals surface area (Å²) in [5, 5.41) is 29.8. The highest BCUT2D eigenvalue weighted by Gasteiger charge is 2.45. The van der Waals surface area contributed by atoms with Gasteiger partial charge in [0.2, 0.25) is 0 Å². The summed E-state index contributed by atoms with van der Waals surface area (Å²) in [6.07, 6.45) is 11.1. The van der Waals surface area contributed by atoms with E-state index < -0.39 is 11.8 Å². The Bertz CT molecular complexity index is 1070. The van der Waals surface area contributed by atoms with Crippen molar-refractivity contribution in [2.45, 2.75) is 70.2 Å². The number of amides is 1. The van der Waals surface area contributed by atoms with Crippen molar-refractivity contribution in [3.63, 3.8) is 0 Å². The van der Waals surface area contributed by atoms with Gasteiger partial charge in [-0.3, -0.25) is 14.8 Å². The molecular formula is C28H35N3O4. The number of unbranched alkanes of at least 4 members (excludes halogenated alkanes) is 3. The molecule has 0 saturated heterocycles. The minimum atomic E-state index is -2.50. The summed E-state index contributed by atoms with van der Waals surface area (Å²) >= 11 is 0. The first kappa shape index (κ1) is 24.9. The zero-order valence-corrected chi connectivity index (χ0v) is 20.3. The van der Waals surface area contributed by atoms with Gasteiger partial charge in [0.05, 0.1) is 18.4 Å². The van der Waals surface area contributed by atoms with E-state index in [1.165, 1.54) is 4.90 Å². The van der Waals surface area contributed by atoms with E-state index in [0.717, 1.165) is 62.5 Å². The number of aromatic amines is 1. The lowest BCUT2D eigenvalue weighted by Crippen LogP contribution is -2.54. The fraction of sp³-hybridized carbons (Fsp3) is 0.429. The van der Waals surface area contributed by atoms with Crippen molar-refractivity contribution in [3.8, 4) is 16.9 Å². The number of nitrogens with one attached hydrogen (secondary N) is 1. The molecule has 0 spiro atoms. The molecule has 1 saturated carbocycles. The van der Waals surface area contributed by atoms with Crippen LogP contribution in [-0.2, 0) is 5.91 Å². The number of hydrogen-bond donors (Lipinski definition) is 3. The molecule has 7 heteroatoms. The Hall–Kier alpha value is -3.16. The van der Waals surface area contributed by atoms with E-state index in [-0.39, 0.29) is 11.6 Å². The number of ether oxygens (including phenoxy) is 1. The molecule has 1 aromatic heterocycles. The van der Waals surface area contributed by atoms with E-state index in [0.29, 0.717) is 17.9 Å². The van der Waals surface area contributed by atoms with Gasteiger partial charge in [0, 0.05) is 23.4 Å². The number of rotatable bonds is 11. The maximum atomic E-state index is 13.7. The highest BCUT2D eigenvalue weighted by Crippen LogP contribution is 2.37. The Morgan fingerprint density at radius 2 is 1.80 bits per heavy atom. The zero-order chi connectivity index (χ0) is 24.7. The molecule has 1 aliphatic rings. The molecule has 7 nitrogen and oxygen atoms in total. The molecule has 3 aromatic rings. The molecule has 0 aliphatic heterocycles. The van der Waals surface area contributed by atoms with Crippen LogP contribution < -0.4 is 4.74 Å². The number of para-hydroxylation sites is 1. The fourth-order valence-corrected chi connectivity index (χ4v) is 4.79. The Labute approximate surface area is 206 Å². The van der Waals surface area contributed by atoms with Crippen LogP contribution in [0, 0.1) is 0 Å². The van der Waals surface area contributed by atoms with Crippen molar-refractivity contribution in [2.24, 2.45) is 0 Å². The number of aromatic nitrogens is 2. The van der Waals surface area contributed by atoms with Crippen LogP contribution in [0.25, 0.3) is 11.1 Å². The van der Waals surface area contributed by atoms with E-state index in [1.54, 1.807) is 48.8 Å². The number of nitrogens with zero attached hydrogens (tertiary/aromatic N) is 2. The summed E-state index contributed by atoms with van der Waals surface area (Å²) in [6.45, 7) is 2.64. The monoisotopic (exact) mass is 477 g/mol. The second-order valence-corrected chi connectivity index (χ2v) is 9.22. The van der Waals surface area contributed by atoms with E-state index in [2.05, 4.69) is 17.1 Å². The summed E-state index contributed by atoms with van der Waals surface area (Å²) in [7, 11) is 0. The normalized spacial score (nSPS) is 14.3. The summed E-state index contributed by atoms with van der Waals surface area (Å²) in [6, 6.07) is 13.7. The number of H-pyrrole nitrogens is 1. The predicted octanol–water partition coefficient (Wildman–Crippen LogP) is 5.22. The van der Waals surface area contributed by atoms with Gasteiger partial charge < -0.3 is 14.9 Å². The van der Waals surface area contributed by atoms with Gasteiger partial charge in [0.1, 0.15) is 5.75 Å². The lowest BCUT2D eigenvalue weighted by atomic mass is 10.0. The topological polar surface area (TPSA) is 98.7 Å². The molecule has 2 aromatic carbocycles. The summed E-state index contributed by atoms with van der Waals surface area (Å²) in [5.74, 6) is -2.53. The van der Waals surface area contributed by atoms with Crippen LogP contribution in [-0.4, -0.2) is 43.9 Å². The second kappa shape index (κ2) is 11.5. The number of carbonyl (C=O) groups excluding carboxylic acids is 1. The van der Waals surface area contributed by atoms with E-state index in [4.69, 9.17) is 4.74 Å². The van der Waals surface area contributed by atoms with Gasteiger partial charge in [0.15, 0.2) is 0 Å². The molecule has 3 N–H and O–H groups in total. The summed E-state index contributed by atoms with van der Waals surface area (Å²) in [4.78, 5) is 15.0. The first-order chi connectivity index (χ1) is 17.0. The van der Waals surface area contributed by atoms with Crippen LogP contribution in [0.3, 0.4) is 0 Å². The van der Waals surface area contributed by atoms with Gasteiger partial charge >= 0.3 is 0 Å². The van der Waals surface area contributed by atoms with E-state index in [1.807, 2.05) is 12.1 Å². The Morgan fingerprint density at radius 1 is 1.06 bits per heavy atom. The average Bonchev–Trinajstić information content (AvgIpc) is 3.59. The standard InChI is InChI=1S/C28H35N3O4/c1-2-3-4-9-18-35-26-13-8-7-12-25(26)28(33,34)31(24-10-5-6-11-24)27(32)22-16-14-21(15-17-22)23-19-29-30-20-23/h7-8,12-17,19-20,24,33-34H,2-6,9-11,18H2,1H3,(H,29,30). The van der Waals surface area contributed by atoms with E-state index >= 15 is 0 Å². The third kappa shape index (κ3) is 5.74. The van der Waals surface area contributed by atoms with Crippen molar-refractivity contribution in [2.75, 3.05) is 6.61 Å². The quantitative estimate of drug-likeness (QED) is 0.260. The molecular weight excluding hydrogens is 442 g/mol. The Balaban J connectivity index is 1.61. The highest BCUT2D eigenvalue weighted by molar-refractivity contribution is 5.95. The van der Waals surface area contributed by atoms with Crippen molar-refractivity contribution >= 4 is 5.91 Å². The van der Waals surface area contributed by atoms with Gasteiger partial charge in [0.25, 0.3) is 11.8 Å². The van der Waals surface area contributed by atoms with Gasteiger partial charge in [-0.1, -0.05) is 63.3 Å². The molecule has 35 heavy (non-hydrogen) atoms. The molecule has 1 heterocycles. The minimum Gasteiger partial charge on any atom is -0.493 e. The van der Waals surface area contributed by atoms with Crippen LogP contribution in [0.4, 0.5) is 0 Å². The molecule has 186 valence electrons. The van der Waals surface area contributed by atoms with Gasteiger partial charge in [-0.15, -0.1) is 0 Å². The molecule has 0 bridgehead atoms. The second-order valence-electron chi connectivity index (χ2n) is 9.22. The number of aliphatic hydroxyl groups is 2. The van der Waals surface area contributed by atoms with Crippen molar-refractivity contribution < 1.29 is 19.7 Å². The fourth-order valence-electron chi connectivity index (χ4n) is 4.79. The predicted molar refractivity (Wildman–Crippen MR) is 135 cm³/mol. The van der Waals surface area contributed by atoms with Crippen molar-refractivity contribution in [1.82, 2.24) is 15.1 Å². The van der Waals surface area contributed by atoms with Crippen LogP contribution in [0.2, 0.25) is 0 Å². The lowest BCUT2D eigenvalue weighted by Gasteiger charge is -2.40. The van der Waals surface area contributed by atoms with Crippen LogP contribution in [0.15, 0.2) is 60.9 Å². The third-order valence-electron chi connectivity index (χ3n) is 6.71. The molecule has 1 fully saturated rings. The highest BCUT2D eigenvalue weighted by atomic mass is 16.5. The average molecular weight is 478 g/mol. The zero-order valence-electron chi connectivity index (χ0n) is 20.3. The number of benzene rings is 2. The summed E-state index contributed by atoms with van der Waals surface area (Å²) in [5.41, 5.74) is 2.42. The third-order valence-corrected chi connectivity index (χ3v) is 6.71. The first-order valence-electron chi connectivity index (χ1n) is 12.6. The molecule has 1 amide bonds. The van der Waals surface area contributed by atoms with Crippen molar-refractivity contribution in [3.05, 3.63) is 72.1 Å². The molecule has 0 radical (unpaired) electrons. The Kier molecular flexibility index (Phi) is 8.21. The molecule has 4 rings (SSSR count). The smallest absolute Gasteiger partial charge is 0.281 e. The van der Waals surface area contributed by atoms with Crippen molar-refractivity contribution in [1.29, 1.82) is 0 Å². The van der Waals surface area contributed by atoms with Crippen LogP contribution in [0.1, 0.15) is 74.2 Å². The lowest BCUT2D eigenvalue weighted by molar-refractivity contribution is -0.266. The number of carbonyl (C=O) groups is 1. The number of hydrogen-bond acceptors (Lipinski definition) is 5. The summed E-state index contributed by atoms with van der Waals surface area (Å²) < 4.78 is 5.96. The van der Waals surface area contributed by atoms with Gasteiger partial charge in [-0.05, 0) is 49.1 Å². The molecule has 0 unspecified atom stereocenters. The van der Waals surface area contributed by atoms with Crippen LogP contribution >= 0.6 is 0 Å². The minimum absolute atomic E-state index is 0.186. The maximum absolute atomic E-state index is 13.7. The largest absolute Gasteiger partial charge is 0.493 e.